The second kappa shape index (κ2) is 10.4. The lowest BCUT2D eigenvalue weighted by Gasteiger charge is -2.12. The maximum absolute atomic E-state index is 13.6. The fourth-order valence-corrected chi connectivity index (χ4v) is 3.87. The Balaban J connectivity index is 2.13. The molecule has 0 saturated carbocycles. The zero-order valence-electron chi connectivity index (χ0n) is 16.7. The molecule has 0 aliphatic heterocycles. The highest BCUT2D eigenvalue weighted by Crippen LogP contribution is 2.30. The van der Waals surface area contributed by atoms with Gasteiger partial charge in [0.2, 0.25) is 6.16 Å². The first-order valence-corrected chi connectivity index (χ1v) is 10.6. The largest absolute Gasteiger partial charge is 0.511 e. The Bertz CT molecular complexity index is 939. The van der Waals surface area contributed by atoms with Crippen molar-refractivity contribution in [2.45, 2.75) is 33.3 Å². The number of aliphatic hydroxyl groups is 1. The van der Waals surface area contributed by atoms with Crippen molar-refractivity contribution in [2.75, 3.05) is 12.8 Å². The Morgan fingerprint density at radius 3 is 2.59 bits per heavy atom. The molecule has 0 heterocycles. The monoisotopic (exact) mass is 419 g/mol. The van der Waals surface area contributed by atoms with Crippen molar-refractivity contribution in [1.29, 1.82) is 0 Å². The van der Waals surface area contributed by atoms with Crippen LogP contribution in [0.3, 0.4) is 0 Å². The first kappa shape index (κ1) is 22.9. The minimum Gasteiger partial charge on any atom is -0.481 e. The van der Waals surface area contributed by atoms with E-state index < -0.39 is 26.5 Å². The molecule has 0 bridgehead atoms. The Hall–Kier alpha value is -2.40. The van der Waals surface area contributed by atoms with E-state index in [4.69, 9.17) is 9.63 Å². The minimum absolute atomic E-state index is 0.0597. The van der Waals surface area contributed by atoms with Gasteiger partial charge in [0.05, 0.1) is 6.42 Å². The quantitative estimate of drug-likeness (QED) is 0.557. The zero-order chi connectivity index (χ0) is 21.6. The number of rotatable bonds is 9. The number of aliphatic carboxylic acids is 1. The predicted molar refractivity (Wildman–Crippen MR) is 112 cm³/mol. The van der Waals surface area contributed by atoms with Crippen LogP contribution < -0.4 is 0 Å². The Labute approximate surface area is 170 Å². The lowest BCUT2D eigenvalue weighted by atomic mass is 9.92. The number of hydrogen-bond donors (Lipinski definition) is 2. The fraction of sp³-hybridized carbons (Fsp3) is 0.318. The average molecular weight is 419 g/mol. The molecule has 0 fully saturated rings. The molecule has 7 heteroatoms. The maximum atomic E-state index is 13.6. The summed E-state index contributed by atoms with van der Waals surface area (Å²) in [6.07, 6.45) is 1.68. The van der Waals surface area contributed by atoms with Gasteiger partial charge in [0.15, 0.2) is 0 Å². The zero-order valence-corrected chi connectivity index (χ0v) is 17.6. The van der Waals surface area contributed by atoms with Gasteiger partial charge in [0.1, 0.15) is 18.5 Å². The van der Waals surface area contributed by atoms with Gasteiger partial charge in [-0.25, -0.2) is 4.39 Å². The molecule has 2 N–H and O–H groups in total. The van der Waals surface area contributed by atoms with E-state index in [2.05, 4.69) is 0 Å². The van der Waals surface area contributed by atoms with E-state index in [0.717, 1.165) is 27.8 Å². The molecule has 0 radical (unpaired) electrons. The average Bonchev–Trinajstić information content (AvgIpc) is 2.61. The van der Waals surface area contributed by atoms with Crippen LogP contribution in [0.4, 0.5) is 4.39 Å². The molecule has 0 spiro atoms. The summed E-state index contributed by atoms with van der Waals surface area (Å²) < 4.78 is 30.6. The molecule has 2 aromatic carbocycles. The van der Waals surface area contributed by atoms with E-state index in [9.17, 15) is 18.9 Å². The third-order valence-corrected chi connectivity index (χ3v) is 5.53. The summed E-state index contributed by atoms with van der Waals surface area (Å²) in [5.74, 6) is -1.41. The van der Waals surface area contributed by atoms with Gasteiger partial charge in [-0.1, -0.05) is 35.9 Å². The van der Waals surface area contributed by atoms with Crippen LogP contribution in [0.5, 0.6) is 0 Å². The number of aliphatic hydroxyl groups excluding tert-OH is 1. The van der Waals surface area contributed by atoms with Crippen LogP contribution in [-0.2, 0) is 13.9 Å². The third kappa shape index (κ3) is 6.86. The molecule has 2 rings (SSSR count). The molecule has 0 amide bonds. The van der Waals surface area contributed by atoms with E-state index in [0.29, 0.717) is 5.56 Å². The minimum atomic E-state index is -2.16. The van der Waals surface area contributed by atoms with Crippen molar-refractivity contribution in [3.63, 3.8) is 0 Å². The highest BCUT2D eigenvalue weighted by atomic mass is 31.1. The number of hydrogen-bond acceptors (Lipinski definition) is 4. The summed E-state index contributed by atoms with van der Waals surface area (Å²) in [6, 6.07) is 9.07. The normalized spacial score (nSPS) is 12.9. The van der Waals surface area contributed by atoms with Crippen LogP contribution in [0.1, 0.15) is 28.7 Å². The van der Waals surface area contributed by atoms with Crippen LogP contribution in [-0.4, -0.2) is 35.1 Å². The molecule has 0 aromatic heterocycles. The summed E-state index contributed by atoms with van der Waals surface area (Å²) in [7, 11) is -2.16. The summed E-state index contributed by atoms with van der Waals surface area (Å²) >= 11 is 0. The molecule has 2 unspecified atom stereocenters. The Morgan fingerprint density at radius 1 is 1.21 bits per heavy atom. The molecule has 2 aromatic rings. The first-order valence-electron chi connectivity index (χ1n) is 9.19. The standard InChI is InChI=1S/C22H24FO5P/c1-14-9-15(2)19(20(10-14)17-6-7-21(23)16(3)11-17)5-4-8-28-29(27)13-18(24)12-22(25)26/h4-7,9-11,18,24H,8,12-13H2,1-3H3/p+1. The molecule has 0 saturated heterocycles. The Morgan fingerprint density at radius 2 is 1.93 bits per heavy atom. The summed E-state index contributed by atoms with van der Waals surface area (Å²) in [5.41, 5.74) is 5.51. The van der Waals surface area contributed by atoms with Crippen molar-refractivity contribution in [1.82, 2.24) is 0 Å². The van der Waals surface area contributed by atoms with Gasteiger partial charge in [-0.3, -0.25) is 4.79 Å². The second-order valence-corrected chi connectivity index (χ2v) is 8.26. The molecule has 0 aliphatic carbocycles. The molecule has 154 valence electrons. The number of halogens is 1. The second-order valence-electron chi connectivity index (χ2n) is 6.97. The SMILES string of the molecule is Cc1cc(C)c(C=CCO[P+](=O)CC(O)CC(=O)O)c(-c2ccc(F)c(C)c2)c1. The topological polar surface area (TPSA) is 83.8 Å². The first-order chi connectivity index (χ1) is 13.7. The summed E-state index contributed by atoms with van der Waals surface area (Å²) in [5, 5.41) is 18.1. The third-order valence-electron chi connectivity index (χ3n) is 4.37. The van der Waals surface area contributed by atoms with Crippen LogP contribution in [0, 0.1) is 26.6 Å². The van der Waals surface area contributed by atoms with Gasteiger partial charge in [0.25, 0.3) is 0 Å². The highest BCUT2D eigenvalue weighted by molar-refractivity contribution is 7.39. The number of carboxylic acid groups (broad SMARTS) is 1. The van der Waals surface area contributed by atoms with Crippen LogP contribution in [0.15, 0.2) is 36.4 Å². The van der Waals surface area contributed by atoms with Crippen LogP contribution >= 0.6 is 8.03 Å². The van der Waals surface area contributed by atoms with E-state index in [1.54, 1.807) is 25.1 Å². The fourth-order valence-electron chi connectivity index (χ4n) is 3.03. The van der Waals surface area contributed by atoms with Gasteiger partial charge in [-0.2, -0.15) is 0 Å². The molecule has 0 aliphatic rings. The lowest BCUT2D eigenvalue weighted by Crippen LogP contribution is -2.15. The van der Waals surface area contributed by atoms with Crippen molar-refractivity contribution in [3.05, 3.63) is 64.5 Å². The van der Waals surface area contributed by atoms with E-state index in [1.165, 1.54) is 6.07 Å². The van der Waals surface area contributed by atoms with E-state index in [-0.39, 0.29) is 18.6 Å². The van der Waals surface area contributed by atoms with Gasteiger partial charge >= 0.3 is 14.0 Å². The highest BCUT2D eigenvalue weighted by Gasteiger charge is 2.24. The number of aryl methyl sites for hydroxylation is 3. The van der Waals surface area contributed by atoms with Gasteiger partial charge in [-0.05, 0) is 65.3 Å². The van der Waals surface area contributed by atoms with E-state index >= 15 is 0 Å². The smallest absolute Gasteiger partial charge is 0.481 e. The summed E-state index contributed by atoms with van der Waals surface area (Å²) in [4.78, 5) is 10.5. The van der Waals surface area contributed by atoms with Gasteiger partial charge in [-0.15, -0.1) is 4.52 Å². The molecule has 5 nitrogen and oxygen atoms in total. The molecular weight excluding hydrogens is 394 g/mol. The van der Waals surface area contributed by atoms with Crippen molar-refractivity contribution in [2.24, 2.45) is 0 Å². The summed E-state index contributed by atoms with van der Waals surface area (Å²) in [6.45, 7) is 5.76. The van der Waals surface area contributed by atoms with Crippen molar-refractivity contribution < 1.29 is 28.5 Å². The number of carboxylic acids is 1. The molecule has 29 heavy (non-hydrogen) atoms. The molecular formula is C22H25FO5P+. The van der Waals surface area contributed by atoms with Gasteiger partial charge < -0.3 is 10.2 Å². The molecule has 2 atom stereocenters. The number of carbonyl (C=O) groups is 1. The Kier molecular flexibility index (Phi) is 8.21. The van der Waals surface area contributed by atoms with Crippen molar-refractivity contribution in [3.8, 4) is 11.1 Å². The van der Waals surface area contributed by atoms with Crippen molar-refractivity contribution >= 4 is 20.1 Å². The lowest BCUT2D eigenvalue weighted by molar-refractivity contribution is -0.138. The predicted octanol–water partition coefficient (Wildman–Crippen LogP) is 5.03. The number of benzene rings is 2. The maximum Gasteiger partial charge on any atom is 0.511 e. The van der Waals surface area contributed by atoms with Crippen LogP contribution in [0.2, 0.25) is 0 Å². The van der Waals surface area contributed by atoms with E-state index in [1.807, 2.05) is 32.1 Å². The van der Waals surface area contributed by atoms with Crippen LogP contribution in [0.25, 0.3) is 17.2 Å². The van der Waals surface area contributed by atoms with Gasteiger partial charge in [0, 0.05) is 0 Å².